The van der Waals surface area contributed by atoms with Gasteiger partial charge in [0.15, 0.2) is 5.60 Å². The minimum atomic E-state index is -1.85. The minimum absolute atomic E-state index is 0.206. The minimum Gasteiger partial charge on any atom is -0.461 e. The van der Waals surface area contributed by atoms with Gasteiger partial charge in [0, 0.05) is 12.6 Å². The van der Waals surface area contributed by atoms with E-state index in [0.29, 0.717) is 12.3 Å². The zero-order valence-electron chi connectivity index (χ0n) is 19.6. The van der Waals surface area contributed by atoms with E-state index < -0.39 is 17.2 Å². The zero-order valence-corrected chi connectivity index (χ0v) is 19.6. The molecule has 0 aliphatic heterocycles. The van der Waals surface area contributed by atoms with Crippen LogP contribution in [0.4, 0.5) is 8.78 Å². The summed E-state index contributed by atoms with van der Waals surface area (Å²) in [7, 11) is 0. The number of furan rings is 1. The van der Waals surface area contributed by atoms with Crippen molar-refractivity contribution in [2.24, 2.45) is 0 Å². The summed E-state index contributed by atoms with van der Waals surface area (Å²) in [6.07, 6.45) is 0. The van der Waals surface area contributed by atoms with E-state index in [9.17, 15) is 13.9 Å². The Morgan fingerprint density at radius 2 is 1.41 bits per heavy atom. The predicted octanol–water partition coefficient (Wildman–Crippen LogP) is 6.56. The van der Waals surface area contributed by atoms with E-state index in [0.717, 1.165) is 6.54 Å². The number of nitrogens with zero attached hydrogens (tertiary/aromatic N) is 1. The SMILES string of the molecule is Cc1ccc(CN(Cc2ccc(C(O)(c3cccc(F)c3)c3cccc(F)c3)o2)C(C)C)cc1. The largest absolute Gasteiger partial charge is 0.461 e. The molecule has 0 atom stereocenters. The van der Waals surface area contributed by atoms with Crippen LogP contribution in [-0.2, 0) is 18.7 Å². The fourth-order valence-electron chi connectivity index (χ4n) is 4.08. The fourth-order valence-corrected chi connectivity index (χ4v) is 4.08. The Morgan fingerprint density at radius 1 is 0.824 bits per heavy atom. The Hall–Kier alpha value is -3.28. The van der Waals surface area contributed by atoms with Gasteiger partial charge >= 0.3 is 0 Å². The summed E-state index contributed by atoms with van der Waals surface area (Å²) in [5, 5.41) is 11.9. The Bertz CT molecular complexity index is 1200. The molecule has 3 nitrogen and oxygen atoms in total. The maximum Gasteiger partial charge on any atom is 0.173 e. The molecule has 0 saturated carbocycles. The Morgan fingerprint density at radius 3 is 1.94 bits per heavy atom. The monoisotopic (exact) mass is 461 g/mol. The van der Waals surface area contributed by atoms with Gasteiger partial charge in [-0.3, -0.25) is 4.90 Å². The Labute approximate surface area is 199 Å². The highest BCUT2D eigenvalue weighted by atomic mass is 19.1. The molecular weight excluding hydrogens is 432 g/mol. The Balaban J connectivity index is 1.68. The van der Waals surface area contributed by atoms with Crippen LogP contribution in [0.25, 0.3) is 0 Å². The first-order valence-electron chi connectivity index (χ1n) is 11.4. The van der Waals surface area contributed by atoms with Crippen molar-refractivity contribution in [2.75, 3.05) is 0 Å². The first-order chi connectivity index (χ1) is 16.3. The first-order valence-corrected chi connectivity index (χ1v) is 11.4. The lowest BCUT2D eigenvalue weighted by Gasteiger charge is -2.28. The molecule has 176 valence electrons. The van der Waals surface area contributed by atoms with Crippen molar-refractivity contribution in [3.8, 4) is 0 Å². The molecule has 1 aromatic heterocycles. The number of aryl methyl sites for hydroxylation is 1. The molecule has 0 spiro atoms. The standard InChI is InChI=1S/C29H29F2NO2/c1-20(2)32(18-22-12-10-21(3)11-13-22)19-27-14-15-28(34-27)29(33,23-6-4-8-25(30)16-23)24-7-5-9-26(31)17-24/h4-17,20,33H,18-19H2,1-3H3. The van der Waals surface area contributed by atoms with Crippen molar-refractivity contribution in [1.29, 1.82) is 0 Å². The highest BCUT2D eigenvalue weighted by Gasteiger charge is 2.38. The van der Waals surface area contributed by atoms with E-state index in [2.05, 4.69) is 49.9 Å². The molecule has 5 heteroatoms. The van der Waals surface area contributed by atoms with Crippen molar-refractivity contribution in [2.45, 2.75) is 45.5 Å². The first kappa shape index (κ1) is 23.9. The maximum atomic E-state index is 14.1. The topological polar surface area (TPSA) is 36.6 Å². The molecule has 0 fully saturated rings. The molecule has 0 unspecified atom stereocenters. The van der Waals surface area contributed by atoms with Crippen LogP contribution < -0.4 is 0 Å². The normalized spacial score (nSPS) is 12.0. The van der Waals surface area contributed by atoms with Crippen LogP contribution in [0, 0.1) is 18.6 Å². The van der Waals surface area contributed by atoms with Gasteiger partial charge in [-0.25, -0.2) is 8.78 Å². The van der Waals surface area contributed by atoms with Crippen LogP contribution in [0.15, 0.2) is 89.3 Å². The van der Waals surface area contributed by atoms with Crippen LogP contribution >= 0.6 is 0 Å². The number of rotatable bonds is 8. The third-order valence-corrected chi connectivity index (χ3v) is 6.10. The van der Waals surface area contributed by atoms with Gasteiger partial charge < -0.3 is 9.52 Å². The van der Waals surface area contributed by atoms with Gasteiger partial charge in [-0.1, -0.05) is 54.1 Å². The van der Waals surface area contributed by atoms with Gasteiger partial charge in [0.05, 0.1) is 6.54 Å². The molecule has 4 aromatic rings. The van der Waals surface area contributed by atoms with Gasteiger partial charge in [-0.15, -0.1) is 0 Å². The van der Waals surface area contributed by atoms with E-state index >= 15 is 0 Å². The molecule has 0 saturated heterocycles. The van der Waals surface area contributed by atoms with Crippen LogP contribution in [-0.4, -0.2) is 16.0 Å². The van der Waals surface area contributed by atoms with E-state index in [4.69, 9.17) is 4.42 Å². The molecule has 4 rings (SSSR count). The lowest BCUT2D eigenvalue weighted by Crippen LogP contribution is -2.30. The summed E-state index contributed by atoms with van der Waals surface area (Å²) in [5.41, 5.74) is 1.09. The van der Waals surface area contributed by atoms with E-state index in [1.807, 2.05) is 6.07 Å². The third kappa shape index (κ3) is 5.11. The second-order valence-electron chi connectivity index (χ2n) is 8.98. The van der Waals surface area contributed by atoms with Crippen molar-refractivity contribution in [3.63, 3.8) is 0 Å². The predicted molar refractivity (Wildman–Crippen MR) is 129 cm³/mol. The van der Waals surface area contributed by atoms with Gasteiger partial charge in [0.2, 0.25) is 0 Å². The number of benzene rings is 3. The summed E-state index contributed by atoms with van der Waals surface area (Å²) in [6, 6.07) is 23.5. The summed E-state index contributed by atoms with van der Waals surface area (Å²) in [6.45, 7) is 7.56. The maximum absolute atomic E-state index is 14.1. The van der Waals surface area contributed by atoms with Crippen molar-refractivity contribution in [3.05, 3.63) is 130 Å². The molecule has 1 heterocycles. The van der Waals surface area contributed by atoms with Gasteiger partial charge in [0.25, 0.3) is 0 Å². The van der Waals surface area contributed by atoms with E-state index in [1.165, 1.54) is 47.5 Å². The van der Waals surface area contributed by atoms with Crippen LogP contribution in [0.1, 0.15) is 47.6 Å². The fraction of sp³-hybridized carbons (Fsp3) is 0.241. The molecule has 0 amide bonds. The van der Waals surface area contributed by atoms with Crippen molar-refractivity contribution >= 4 is 0 Å². The van der Waals surface area contributed by atoms with Gasteiger partial charge in [-0.05, 0) is 73.9 Å². The average Bonchev–Trinajstić information content (AvgIpc) is 3.28. The van der Waals surface area contributed by atoms with Crippen LogP contribution in [0.3, 0.4) is 0 Å². The molecule has 3 aromatic carbocycles. The van der Waals surface area contributed by atoms with E-state index in [1.54, 1.807) is 18.2 Å². The summed E-state index contributed by atoms with van der Waals surface area (Å²) < 4.78 is 34.3. The van der Waals surface area contributed by atoms with Crippen LogP contribution in [0.5, 0.6) is 0 Å². The smallest absolute Gasteiger partial charge is 0.173 e. The molecule has 34 heavy (non-hydrogen) atoms. The molecule has 1 N–H and O–H groups in total. The summed E-state index contributed by atoms with van der Waals surface area (Å²) in [4.78, 5) is 2.26. The zero-order chi connectivity index (χ0) is 24.3. The highest BCUT2D eigenvalue weighted by Crippen LogP contribution is 2.38. The van der Waals surface area contributed by atoms with E-state index in [-0.39, 0.29) is 22.9 Å². The van der Waals surface area contributed by atoms with Gasteiger partial charge in [0.1, 0.15) is 23.2 Å². The number of aliphatic hydroxyl groups is 1. The second kappa shape index (κ2) is 9.92. The second-order valence-corrected chi connectivity index (χ2v) is 8.98. The molecule has 0 aliphatic rings. The third-order valence-electron chi connectivity index (χ3n) is 6.10. The molecule has 0 aliphatic carbocycles. The van der Waals surface area contributed by atoms with Gasteiger partial charge in [-0.2, -0.15) is 0 Å². The van der Waals surface area contributed by atoms with Crippen LogP contribution in [0.2, 0.25) is 0 Å². The average molecular weight is 462 g/mol. The summed E-state index contributed by atoms with van der Waals surface area (Å²) >= 11 is 0. The molecule has 0 bridgehead atoms. The van der Waals surface area contributed by atoms with Crippen molar-refractivity contribution < 1.29 is 18.3 Å². The summed E-state index contributed by atoms with van der Waals surface area (Å²) in [5.74, 6) is -0.133. The lowest BCUT2D eigenvalue weighted by molar-refractivity contribution is 0.0934. The quantitative estimate of drug-likeness (QED) is 0.323. The molecule has 0 radical (unpaired) electrons. The number of hydrogen-bond donors (Lipinski definition) is 1. The van der Waals surface area contributed by atoms with Crippen molar-refractivity contribution in [1.82, 2.24) is 4.90 Å². The molecular formula is C29H29F2NO2. The number of hydrogen-bond acceptors (Lipinski definition) is 3. The number of halogens is 2. The lowest BCUT2D eigenvalue weighted by atomic mass is 9.84. The Kier molecular flexibility index (Phi) is 6.96. The highest BCUT2D eigenvalue weighted by molar-refractivity contribution is 5.44.